The third kappa shape index (κ3) is 4.59. The number of hydrogen-bond acceptors (Lipinski definition) is 3. The lowest BCUT2D eigenvalue weighted by Gasteiger charge is -2.15. The molecule has 0 saturated heterocycles. The van der Waals surface area contributed by atoms with Crippen LogP contribution in [-0.2, 0) is 14.6 Å². The van der Waals surface area contributed by atoms with Crippen molar-refractivity contribution in [3.8, 4) is 0 Å². The van der Waals surface area contributed by atoms with E-state index in [0.717, 1.165) is 6.07 Å². The Morgan fingerprint density at radius 1 is 1.37 bits per heavy atom. The summed E-state index contributed by atoms with van der Waals surface area (Å²) in [5, 5.41) is 2.37. The predicted molar refractivity (Wildman–Crippen MR) is 67.2 cm³/mol. The Balaban J connectivity index is 2.74. The minimum Gasteiger partial charge on any atom is -0.349 e. The van der Waals surface area contributed by atoms with Crippen molar-refractivity contribution >= 4 is 15.7 Å². The van der Waals surface area contributed by atoms with Gasteiger partial charge in [0.05, 0.1) is 6.04 Å². The van der Waals surface area contributed by atoms with Crippen molar-refractivity contribution < 1.29 is 22.0 Å². The largest absolute Gasteiger partial charge is 0.349 e. The molecule has 1 rings (SSSR count). The first-order chi connectivity index (χ1) is 8.75. The number of carbonyl (C=O) groups excluding carboxylic acids is 1. The zero-order chi connectivity index (χ0) is 14.6. The van der Waals surface area contributed by atoms with Crippen LogP contribution < -0.4 is 5.32 Å². The molecular formula is C12H15F2NO3S. The fraction of sp³-hybridized carbons (Fsp3) is 0.417. The predicted octanol–water partition coefficient (Wildman–Crippen LogP) is 1.58. The number of nitrogens with one attached hydrogen (secondary N) is 1. The van der Waals surface area contributed by atoms with E-state index in [1.165, 1.54) is 19.9 Å². The van der Waals surface area contributed by atoms with Crippen LogP contribution in [0, 0.1) is 11.6 Å². The summed E-state index contributed by atoms with van der Waals surface area (Å²) in [6.45, 7) is 2.93. The highest BCUT2D eigenvalue weighted by Gasteiger charge is 2.18. The summed E-state index contributed by atoms with van der Waals surface area (Å²) in [7, 11) is -3.43. The van der Waals surface area contributed by atoms with Gasteiger partial charge in [-0.3, -0.25) is 4.79 Å². The summed E-state index contributed by atoms with van der Waals surface area (Å²) >= 11 is 0. The molecule has 0 radical (unpaired) electrons. The van der Waals surface area contributed by atoms with Crippen LogP contribution in [0.25, 0.3) is 0 Å². The van der Waals surface area contributed by atoms with Crippen LogP contribution >= 0.6 is 0 Å². The molecule has 1 N–H and O–H groups in total. The fourth-order valence-corrected chi connectivity index (χ4v) is 2.20. The highest BCUT2D eigenvalue weighted by atomic mass is 32.2. The first kappa shape index (κ1) is 15.6. The van der Waals surface area contributed by atoms with Gasteiger partial charge in [-0.05, 0) is 13.0 Å². The Bertz CT molecular complexity index is 572. The zero-order valence-electron chi connectivity index (χ0n) is 10.6. The summed E-state index contributed by atoms with van der Waals surface area (Å²) in [5.74, 6) is -2.99. The Hall–Kier alpha value is -1.50. The maximum Gasteiger partial charge on any atom is 0.235 e. The van der Waals surface area contributed by atoms with E-state index >= 15 is 0 Å². The van der Waals surface area contributed by atoms with Gasteiger partial charge in [0.1, 0.15) is 17.4 Å². The van der Waals surface area contributed by atoms with Gasteiger partial charge < -0.3 is 5.32 Å². The molecule has 1 amide bonds. The number of hydrogen-bond donors (Lipinski definition) is 1. The lowest BCUT2D eigenvalue weighted by Crippen LogP contribution is -2.33. The van der Waals surface area contributed by atoms with Crippen LogP contribution in [0.5, 0.6) is 0 Å². The maximum atomic E-state index is 13.4. The molecule has 0 bridgehead atoms. The molecule has 1 aromatic rings. The molecular weight excluding hydrogens is 276 g/mol. The Morgan fingerprint density at radius 2 is 2.00 bits per heavy atom. The third-order valence-electron chi connectivity index (χ3n) is 2.60. The van der Waals surface area contributed by atoms with Gasteiger partial charge in [-0.25, -0.2) is 17.2 Å². The van der Waals surface area contributed by atoms with E-state index < -0.39 is 39.2 Å². The van der Waals surface area contributed by atoms with Gasteiger partial charge in [-0.15, -0.1) is 0 Å². The zero-order valence-corrected chi connectivity index (χ0v) is 11.4. The van der Waals surface area contributed by atoms with Crippen molar-refractivity contribution in [1.29, 1.82) is 0 Å². The molecule has 1 atom stereocenters. The van der Waals surface area contributed by atoms with E-state index in [9.17, 15) is 22.0 Å². The molecule has 0 unspecified atom stereocenters. The van der Waals surface area contributed by atoms with Crippen molar-refractivity contribution in [1.82, 2.24) is 5.32 Å². The normalized spacial score (nSPS) is 13.1. The number of carbonyl (C=O) groups is 1. The molecule has 19 heavy (non-hydrogen) atoms. The number of halogens is 2. The first-order valence-corrected chi connectivity index (χ1v) is 7.52. The minimum absolute atomic E-state index is 0.101. The van der Waals surface area contributed by atoms with Crippen molar-refractivity contribution in [2.75, 3.05) is 11.5 Å². The number of rotatable bonds is 5. The van der Waals surface area contributed by atoms with Gasteiger partial charge in [-0.2, -0.15) is 0 Å². The quantitative estimate of drug-likeness (QED) is 0.896. The molecule has 4 nitrogen and oxygen atoms in total. The van der Waals surface area contributed by atoms with Crippen LogP contribution in [0.15, 0.2) is 18.2 Å². The second kappa shape index (κ2) is 6.10. The first-order valence-electron chi connectivity index (χ1n) is 5.70. The second-order valence-corrected chi connectivity index (χ2v) is 6.48. The Kier molecular flexibility index (Phi) is 4.99. The van der Waals surface area contributed by atoms with E-state index in [1.807, 2.05) is 0 Å². The second-order valence-electron chi connectivity index (χ2n) is 4.13. The van der Waals surface area contributed by atoms with Crippen molar-refractivity contribution in [2.45, 2.75) is 19.9 Å². The molecule has 0 heterocycles. The molecule has 7 heteroatoms. The molecule has 0 spiro atoms. The van der Waals surface area contributed by atoms with E-state index in [2.05, 4.69) is 5.32 Å². The van der Waals surface area contributed by atoms with E-state index in [4.69, 9.17) is 0 Å². The highest BCUT2D eigenvalue weighted by molar-refractivity contribution is 7.92. The van der Waals surface area contributed by atoms with Crippen LogP contribution in [0.2, 0.25) is 0 Å². The van der Waals surface area contributed by atoms with Gasteiger partial charge in [0.2, 0.25) is 5.91 Å². The third-order valence-corrected chi connectivity index (χ3v) is 4.18. The molecule has 0 aromatic heterocycles. The van der Waals surface area contributed by atoms with Gasteiger partial charge in [0, 0.05) is 17.4 Å². The van der Waals surface area contributed by atoms with Gasteiger partial charge in [0.25, 0.3) is 0 Å². The Morgan fingerprint density at radius 3 is 2.53 bits per heavy atom. The molecule has 0 aliphatic rings. The smallest absolute Gasteiger partial charge is 0.235 e. The van der Waals surface area contributed by atoms with Gasteiger partial charge >= 0.3 is 0 Å². The van der Waals surface area contributed by atoms with Crippen molar-refractivity contribution in [2.24, 2.45) is 0 Å². The average Bonchev–Trinajstić information content (AvgIpc) is 2.27. The van der Waals surface area contributed by atoms with Crippen LogP contribution in [0.3, 0.4) is 0 Å². The minimum atomic E-state index is -3.43. The molecule has 0 aliphatic heterocycles. The molecule has 106 valence electrons. The van der Waals surface area contributed by atoms with Crippen molar-refractivity contribution in [3.63, 3.8) is 0 Å². The molecule has 0 fully saturated rings. The van der Waals surface area contributed by atoms with Crippen LogP contribution in [0.1, 0.15) is 25.5 Å². The summed E-state index contributed by atoms with van der Waals surface area (Å²) in [4.78, 5) is 11.5. The number of benzene rings is 1. The highest BCUT2D eigenvalue weighted by Crippen LogP contribution is 2.17. The van der Waals surface area contributed by atoms with Crippen LogP contribution in [-0.4, -0.2) is 25.8 Å². The average molecular weight is 291 g/mol. The van der Waals surface area contributed by atoms with Crippen molar-refractivity contribution in [3.05, 3.63) is 35.4 Å². The van der Waals surface area contributed by atoms with Crippen LogP contribution in [0.4, 0.5) is 8.78 Å². The number of amides is 1. The topological polar surface area (TPSA) is 63.2 Å². The Labute approximate surface area is 110 Å². The summed E-state index contributed by atoms with van der Waals surface area (Å²) in [6, 6.07) is 2.26. The maximum absolute atomic E-state index is 13.4. The van der Waals surface area contributed by atoms with Gasteiger partial charge in [-0.1, -0.05) is 13.0 Å². The molecule has 0 saturated carbocycles. The molecule has 1 aromatic carbocycles. The van der Waals surface area contributed by atoms with E-state index in [0.29, 0.717) is 6.07 Å². The van der Waals surface area contributed by atoms with E-state index in [1.54, 1.807) is 0 Å². The van der Waals surface area contributed by atoms with Gasteiger partial charge in [0.15, 0.2) is 9.84 Å². The monoisotopic (exact) mass is 291 g/mol. The fourth-order valence-electron chi connectivity index (χ4n) is 1.52. The van der Waals surface area contributed by atoms with E-state index in [-0.39, 0.29) is 11.3 Å². The summed E-state index contributed by atoms with van der Waals surface area (Å²) < 4.78 is 48.7. The lowest BCUT2D eigenvalue weighted by molar-refractivity contribution is -0.119. The lowest BCUT2D eigenvalue weighted by atomic mass is 10.1. The summed E-state index contributed by atoms with van der Waals surface area (Å²) in [5.41, 5.74) is 0.101. The number of sulfone groups is 1. The standard InChI is InChI=1S/C12H15F2NO3S/c1-3-19(17,18)7-12(16)15-8(2)10-5-4-9(13)6-11(10)14/h4-6,8H,3,7H2,1-2H3,(H,15,16)/t8-/m1/s1. The summed E-state index contributed by atoms with van der Waals surface area (Å²) in [6.07, 6.45) is 0. The SMILES string of the molecule is CCS(=O)(=O)CC(=O)N[C@H](C)c1ccc(F)cc1F. The molecule has 0 aliphatic carbocycles.